The first kappa shape index (κ1) is 16.7. The molecule has 0 radical (unpaired) electrons. The lowest BCUT2D eigenvalue weighted by Crippen LogP contribution is -2.34. The predicted octanol–water partition coefficient (Wildman–Crippen LogP) is 3.01. The second-order valence-electron chi connectivity index (χ2n) is 5.86. The number of hydrogen-bond acceptors (Lipinski definition) is 4. The Morgan fingerprint density at radius 2 is 1.79 bits per heavy atom. The predicted molar refractivity (Wildman–Crippen MR) is 94.3 cm³/mol. The Hall–Kier alpha value is -2.15. The molecule has 126 valence electrons. The summed E-state index contributed by atoms with van der Waals surface area (Å²) in [5, 5.41) is 1.91. The van der Waals surface area contributed by atoms with Crippen molar-refractivity contribution in [1.82, 2.24) is 9.62 Å². The van der Waals surface area contributed by atoms with Crippen LogP contribution in [0.5, 0.6) is 0 Å². The van der Waals surface area contributed by atoms with Crippen molar-refractivity contribution in [3.8, 4) is 0 Å². The van der Waals surface area contributed by atoms with Gasteiger partial charge in [0.1, 0.15) is 5.76 Å². The van der Waals surface area contributed by atoms with Crippen LogP contribution in [-0.2, 0) is 10.0 Å². The first-order valence-corrected chi connectivity index (χ1v) is 9.14. The van der Waals surface area contributed by atoms with Gasteiger partial charge in [-0.1, -0.05) is 30.3 Å². The molecule has 1 aromatic heterocycles. The second-order valence-corrected chi connectivity index (χ2v) is 7.62. The number of likely N-dealkylation sites (N-methyl/N-ethyl adjacent to an activating group) is 1. The summed E-state index contributed by atoms with van der Waals surface area (Å²) >= 11 is 0. The van der Waals surface area contributed by atoms with Crippen LogP contribution < -0.4 is 4.72 Å². The summed E-state index contributed by atoms with van der Waals surface area (Å²) in [5.41, 5.74) is 0. The minimum absolute atomic E-state index is 0.171. The van der Waals surface area contributed by atoms with Gasteiger partial charge in [0, 0.05) is 6.54 Å². The number of rotatable bonds is 6. The zero-order chi connectivity index (χ0) is 17.2. The van der Waals surface area contributed by atoms with Crippen LogP contribution in [-0.4, -0.2) is 34.0 Å². The molecule has 0 amide bonds. The van der Waals surface area contributed by atoms with Crippen molar-refractivity contribution >= 4 is 20.8 Å². The molecule has 6 heteroatoms. The molecular weight excluding hydrogens is 324 g/mol. The van der Waals surface area contributed by atoms with Gasteiger partial charge in [-0.3, -0.25) is 4.90 Å². The monoisotopic (exact) mass is 344 g/mol. The Balaban J connectivity index is 1.82. The number of nitrogens with zero attached hydrogens (tertiary/aromatic N) is 1. The van der Waals surface area contributed by atoms with Crippen LogP contribution in [0.1, 0.15) is 11.8 Å². The van der Waals surface area contributed by atoms with Crippen molar-refractivity contribution in [2.45, 2.75) is 10.9 Å². The van der Waals surface area contributed by atoms with Crippen LogP contribution >= 0.6 is 0 Å². The highest BCUT2D eigenvalue weighted by Gasteiger charge is 2.21. The third-order valence-electron chi connectivity index (χ3n) is 3.99. The highest BCUT2D eigenvalue weighted by Crippen LogP contribution is 2.21. The van der Waals surface area contributed by atoms with E-state index in [0.29, 0.717) is 0 Å². The highest BCUT2D eigenvalue weighted by atomic mass is 32.2. The van der Waals surface area contributed by atoms with E-state index in [1.807, 2.05) is 55.4 Å². The normalized spacial score (nSPS) is 13.5. The van der Waals surface area contributed by atoms with Gasteiger partial charge in [0.25, 0.3) is 0 Å². The lowest BCUT2D eigenvalue weighted by Gasteiger charge is -2.22. The number of fused-ring (bicyclic) bond motifs is 1. The highest BCUT2D eigenvalue weighted by molar-refractivity contribution is 7.89. The number of nitrogens with one attached hydrogen (secondary N) is 1. The van der Waals surface area contributed by atoms with Crippen molar-refractivity contribution in [2.24, 2.45) is 0 Å². The van der Waals surface area contributed by atoms with Crippen molar-refractivity contribution in [2.75, 3.05) is 20.6 Å². The molecular formula is C18H20N2O3S. The summed E-state index contributed by atoms with van der Waals surface area (Å²) in [4.78, 5) is 2.18. The third kappa shape index (κ3) is 3.51. The third-order valence-corrected chi connectivity index (χ3v) is 5.41. The number of benzene rings is 2. The lowest BCUT2D eigenvalue weighted by atomic mass is 10.1. The van der Waals surface area contributed by atoms with E-state index in [1.54, 1.807) is 24.5 Å². The van der Waals surface area contributed by atoms with E-state index in [9.17, 15) is 8.42 Å². The van der Waals surface area contributed by atoms with E-state index in [1.165, 1.54) is 0 Å². The van der Waals surface area contributed by atoms with Crippen molar-refractivity contribution < 1.29 is 12.8 Å². The zero-order valence-corrected chi connectivity index (χ0v) is 14.5. The topological polar surface area (TPSA) is 62.6 Å². The van der Waals surface area contributed by atoms with E-state index in [4.69, 9.17) is 4.42 Å². The standard InChI is InChI=1S/C18H20N2O3S/c1-20(2)17(18-8-5-11-23-18)13-19-24(21,22)16-10-9-14-6-3-4-7-15(14)12-16/h3-12,17,19H,13H2,1-2H3. The van der Waals surface area contributed by atoms with E-state index in [0.717, 1.165) is 16.5 Å². The fourth-order valence-electron chi connectivity index (χ4n) is 2.63. The van der Waals surface area contributed by atoms with Gasteiger partial charge in [-0.25, -0.2) is 13.1 Å². The lowest BCUT2D eigenvalue weighted by molar-refractivity contribution is 0.259. The van der Waals surface area contributed by atoms with Crippen LogP contribution in [0.15, 0.2) is 70.2 Å². The van der Waals surface area contributed by atoms with Gasteiger partial charge in [0.2, 0.25) is 10.0 Å². The zero-order valence-electron chi connectivity index (χ0n) is 13.6. The van der Waals surface area contributed by atoms with Crippen LogP contribution in [0.2, 0.25) is 0 Å². The molecule has 0 aliphatic carbocycles. The van der Waals surface area contributed by atoms with Crippen LogP contribution in [0.3, 0.4) is 0 Å². The smallest absolute Gasteiger partial charge is 0.240 e. The van der Waals surface area contributed by atoms with Gasteiger partial charge in [-0.2, -0.15) is 0 Å². The quantitative estimate of drug-likeness (QED) is 0.747. The van der Waals surface area contributed by atoms with E-state index < -0.39 is 10.0 Å². The maximum atomic E-state index is 12.6. The van der Waals surface area contributed by atoms with E-state index in [2.05, 4.69) is 4.72 Å². The second kappa shape index (κ2) is 6.76. The molecule has 0 fully saturated rings. The molecule has 0 saturated carbocycles. The minimum Gasteiger partial charge on any atom is -0.468 e. The van der Waals surface area contributed by atoms with Gasteiger partial charge < -0.3 is 4.42 Å². The molecule has 5 nitrogen and oxygen atoms in total. The van der Waals surface area contributed by atoms with Gasteiger partial charge >= 0.3 is 0 Å². The van der Waals surface area contributed by atoms with Crippen LogP contribution in [0.25, 0.3) is 10.8 Å². The first-order chi connectivity index (χ1) is 11.5. The first-order valence-electron chi connectivity index (χ1n) is 7.66. The summed E-state index contributed by atoms with van der Waals surface area (Å²) in [6.45, 7) is 0.232. The average Bonchev–Trinajstić information content (AvgIpc) is 3.08. The van der Waals surface area contributed by atoms with E-state index in [-0.39, 0.29) is 17.5 Å². The van der Waals surface area contributed by atoms with Crippen LogP contribution in [0.4, 0.5) is 0 Å². The molecule has 1 unspecified atom stereocenters. The summed E-state index contributed by atoms with van der Waals surface area (Å²) in [6, 6.07) is 16.3. The molecule has 1 atom stereocenters. The number of hydrogen-bond donors (Lipinski definition) is 1. The number of furan rings is 1. The Kier molecular flexibility index (Phi) is 4.71. The largest absolute Gasteiger partial charge is 0.468 e. The molecule has 24 heavy (non-hydrogen) atoms. The number of sulfonamides is 1. The Morgan fingerprint density at radius 1 is 1.04 bits per heavy atom. The van der Waals surface area contributed by atoms with Gasteiger partial charge in [0.05, 0.1) is 17.2 Å². The fourth-order valence-corrected chi connectivity index (χ4v) is 3.70. The summed E-state index contributed by atoms with van der Waals surface area (Å²) in [7, 11) is 0.183. The summed E-state index contributed by atoms with van der Waals surface area (Å²) < 4.78 is 33.3. The Bertz CT molecular complexity index is 918. The molecule has 1 heterocycles. The molecule has 3 rings (SSSR count). The molecule has 0 aliphatic heterocycles. The van der Waals surface area contributed by atoms with Gasteiger partial charge in [-0.05, 0) is 49.1 Å². The molecule has 0 bridgehead atoms. The molecule has 1 N–H and O–H groups in total. The minimum atomic E-state index is -3.59. The maximum Gasteiger partial charge on any atom is 0.240 e. The molecule has 2 aromatic carbocycles. The van der Waals surface area contributed by atoms with Crippen molar-refractivity contribution in [3.63, 3.8) is 0 Å². The van der Waals surface area contributed by atoms with Crippen LogP contribution in [0, 0.1) is 0 Å². The van der Waals surface area contributed by atoms with Gasteiger partial charge in [-0.15, -0.1) is 0 Å². The molecule has 0 saturated heterocycles. The summed E-state index contributed by atoms with van der Waals surface area (Å²) in [6.07, 6.45) is 1.59. The van der Waals surface area contributed by atoms with Crippen molar-refractivity contribution in [3.05, 3.63) is 66.6 Å². The molecule has 0 aliphatic rings. The SMILES string of the molecule is CN(C)C(CNS(=O)(=O)c1ccc2ccccc2c1)c1ccco1. The fraction of sp³-hybridized carbons (Fsp3) is 0.222. The average molecular weight is 344 g/mol. The maximum absolute atomic E-state index is 12.6. The van der Waals surface area contributed by atoms with E-state index >= 15 is 0 Å². The van der Waals surface area contributed by atoms with Crippen molar-refractivity contribution in [1.29, 1.82) is 0 Å². The Morgan fingerprint density at radius 3 is 2.46 bits per heavy atom. The Labute approximate surface area is 141 Å². The van der Waals surface area contributed by atoms with Gasteiger partial charge in [0.15, 0.2) is 0 Å². The summed E-state index contributed by atoms with van der Waals surface area (Å²) in [5.74, 6) is 0.723. The molecule has 0 spiro atoms. The molecule has 3 aromatic rings.